The quantitative estimate of drug-likeness (QED) is 0.511. The molecule has 0 aliphatic carbocycles. The number of benzene rings is 3. The second kappa shape index (κ2) is 9.47. The zero-order valence-corrected chi connectivity index (χ0v) is 17.7. The molecule has 6 heteroatoms. The fourth-order valence-corrected chi connectivity index (χ4v) is 3.51. The number of nitrogens with one attached hydrogen (secondary N) is 1. The molecule has 4 rings (SSSR count). The van der Waals surface area contributed by atoms with Crippen LogP contribution in [0.3, 0.4) is 0 Å². The van der Waals surface area contributed by atoms with Crippen LogP contribution < -0.4 is 10.1 Å². The molecule has 1 heterocycles. The summed E-state index contributed by atoms with van der Waals surface area (Å²) in [6, 6.07) is 22.1. The average molecular weight is 430 g/mol. The van der Waals surface area contributed by atoms with Gasteiger partial charge in [-0.1, -0.05) is 55.5 Å². The average Bonchev–Trinajstić information content (AvgIpc) is 3.04. The van der Waals surface area contributed by atoms with Crippen molar-refractivity contribution in [2.24, 2.45) is 0 Å². The molecule has 1 N–H and O–H groups in total. The summed E-state index contributed by atoms with van der Waals surface area (Å²) in [5.41, 5.74) is 2.46. The van der Waals surface area contributed by atoms with Crippen LogP contribution in [0.15, 0.2) is 84.6 Å². The van der Waals surface area contributed by atoms with Crippen molar-refractivity contribution in [2.45, 2.75) is 19.9 Å². The van der Waals surface area contributed by atoms with E-state index in [4.69, 9.17) is 4.74 Å². The summed E-state index contributed by atoms with van der Waals surface area (Å²) in [4.78, 5) is 27.8. The Bertz CT molecular complexity index is 1160. The highest BCUT2D eigenvalue weighted by atomic mass is 19.1. The van der Waals surface area contributed by atoms with Crippen molar-refractivity contribution in [1.82, 2.24) is 4.90 Å². The summed E-state index contributed by atoms with van der Waals surface area (Å²) < 4.78 is 19.0. The van der Waals surface area contributed by atoms with Gasteiger partial charge in [-0.3, -0.25) is 14.5 Å². The third-order valence-corrected chi connectivity index (χ3v) is 5.06. The van der Waals surface area contributed by atoms with Crippen LogP contribution in [-0.2, 0) is 16.1 Å². The predicted octanol–water partition coefficient (Wildman–Crippen LogP) is 5.01. The van der Waals surface area contributed by atoms with Gasteiger partial charge in [-0.2, -0.15) is 0 Å². The molecule has 1 aliphatic rings. The molecule has 0 bridgehead atoms. The highest BCUT2D eigenvalue weighted by Crippen LogP contribution is 2.32. The summed E-state index contributed by atoms with van der Waals surface area (Å²) in [5.74, 6) is -0.522. The van der Waals surface area contributed by atoms with E-state index in [2.05, 4.69) is 5.32 Å². The van der Waals surface area contributed by atoms with Crippen LogP contribution in [0.25, 0.3) is 5.57 Å². The van der Waals surface area contributed by atoms with Crippen molar-refractivity contribution in [2.75, 3.05) is 11.9 Å². The summed E-state index contributed by atoms with van der Waals surface area (Å²) >= 11 is 0. The number of carbonyl (C=O) groups excluding carboxylic acids is 2. The Balaban J connectivity index is 1.67. The molecule has 0 saturated carbocycles. The van der Waals surface area contributed by atoms with Crippen molar-refractivity contribution < 1.29 is 18.7 Å². The molecule has 2 amide bonds. The summed E-state index contributed by atoms with van der Waals surface area (Å²) in [7, 11) is 0. The first-order chi connectivity index (χ1) is 15.6. The van der Waals surface area contributed by atoms with Crippen molar-refractivity contribution in [1.29, 1.82) is 0 Å². The number of hydrogen-bond acceptors (Lipinski definition) is 4. The monoisotopic (exact) mass is 430 g/mol. The predicted molar refractivity (Wildman–Crippen MR) is 121 cm³/mol. The second-order valence-corrected chi connectivity index (χ2v) is 7.44. The minimum atomic E-state index is -0.432. The van der Waals surface area contributed by atoms with E-state index in [0.29, 0.717) is 34.7 Å². The summed E-state index contributed by atoms with van der Waals surface area (Å²) in [6.45, 7) is 2.67. The molecule has 5 nitrogen and oxygen atoms in total. The van der Waals surface area contributed by atoms with E-state index in [9.17, 15) is 14.0 Å². The smallest absolute Gasteiger partial charge is 0.278 e. The van der Waals surface area contributed by atoms with Crippen LogP contribution in [0.4, 0.5) is 10.1 Å². The zero-order chi connectivity index (χ0) is 22.5. The SMILES string of the molecule is CCCOc1cccc(NC2=C(c3ccccc3)C(=O)N(Cc3ccc(F)cc3)C2=O)c1. The van der Waals surface area contributed by atoms with Gasteiger partial charge in [0.1, 0.15) is 17.3 Å². The molecule has 0 saturated heterocycles. The highest BCUT2D eigenvalue weighted by Gasteiger charge is 2.39. The number of nitrogens with zero attached hydrogens (tertiary/aromatic N) is 1. The van der Waals surface area contributed by atoms with E-state index in [1.807, 2.05) is 43.3 Å². The van der Waals surface area contributed by atoms with Gasteiger partial charge in [-0.25, -0.2) is 4.39 Å². The van der Waals surface area contributed by atoms with E-state index in [1.165, 1.54) is 17.0 Å². The topological polar surface area (TPSA) is 58.6 Å². The van der Waals surface area contributed by atoms with Crippen molar-refractivity contribution >= 4 is 23.1 Å². The fraction of sp³-hybridized carbons (Fsp3) is 0.154. The van der Waals surface area contributed by atoms with Gasteiger partial charge in [0.2, 0.25) is 0 Å². The van der Waals surface area contributed by atoms with Gasteiger partial charge in [-0.15, -0.1) is 0 Å². The third kappa shape index (κ3) is 4.54. The van der Waals surface area contributed by atoms with Gasteiger partial charge in [0.25, 0.3) is 11.8 Å². The van der Waals surface area contributed by atoms with Crippen LogP contribution in [0.2, 0.25) is 0 Å². The Morgan fingerprint density at radius 2 is 1.66 bits per heavy atom. The number of imide groups is 1. The standard InChI is InChI=1S/C26H23FN2O3/c1-2-15-32-22-10-6-9-21(16-22)28-24-23(19-7-4-3-5-8-19)25(30)29(26(24)31)17-18-11-13-20(27)14-12-18/h3-14,16,28H,2,15,17H2,1H3. The maximum atomic E-state index is 13.3. The molecular weight excluding hydrogens is 407 g/mol. The number of hydrogen-bond donors (Lipinski definition) is 1. The molecule has 0 aromatic heterocycles. The molecule has 3 aromatic rings. The first kappa shape index (κ1) is 21.3. The third-order valence-electron chi connectivity index (χ3n) is 5.06. The van der Waals surface area contributed by atoms with Crippen molar-refractivity contribution in [3.8, 4) is 5.75 Å². The number of amides is 2. The van der Waals surface area contributed by atoms with Gasteiger partial charge in [0.05, 0.1) is 18.7 Å². The van der Waals surface area contributed by atoms with Gasteiger partial charge in [0.15, 0.2) is 0 Å². The molecule has 162 valence electrons. The summed E-state index contributed by atoms with van der Waals surface area (Å²) in [6.07, 6.45) is 0.881. The Hall–Kier alpha value is -3.93. The molecule has 0 spiro atoms. The van der Waals surface area contributed by atoms with E-state index < -0.39 is 11.8 Å². The lowest BCUT2D eigenvalue weighted by molar-refractivity contribution is -0.137. The number of halogens is 1. The van der Waals surface area contributed by atoms with Gasteiger partial charge in [-0.05, 0) is 41.8 Å². The normalized spacial score (nSPS) is 13.6. The second-order valence-electron chi connectivity index (χ2n) is 7.44. The highest BCUT2D eigenvalue weighted by molar-refractivity contribution is 6.36. The van der Waals surface area contributed by atoms with Crippen molar-refractivity contribution in [3.05, 3.63) is 102 Å². The first-order valence-electron chi connectivity index (χ1n) is 10.5. The van der Waals surface area contributed by atoms with Crippen LogP contribution in [0.1, 0.15) is 24.5 Å². The maximum absolute atomic E-state index is 13.3. The van der Waals surface area contributed by atoms with Gasteiger partial charge in [0, 0.05) is 11.8 Å². The number of rotatable bonds is 8. The number of carbonyl (C=O) groups is 2. The Morgan fingerprint density at radius 1 is 0.906 bits per heavy atom. The largest absolute Gasteiger partial charge is 0.494 e. The maximum Gasteiger partial charge on any atom is 0.278 e. The number of anilines is 1. The molecule has 3 aromatic carbocycles. The van der Waals surface area contributed by atoms with Crippen molar-refractivity contribution in [3.63, 3.8) is 0 Å². The lowest BCUT2D eigenvalue weighted by Crippen LogP contribution is -2.32. The van der Waals surface area contributed by atoms with Crippen LogP contribution in [0.5, 0.6) is 5.75 Å². The Kier molecular flexibility index (Phi) is 6.31. The minimum Gasteiger partial charge on any atom is -0.494 e. The Morgan fingerprint density at radius 3 is 2.38 bits per heavy atom. The summed E-state index contributed by atoms with van der Waals surface area (Å²) in [5, 5.41) is 3.14. The van der Waals surface area contributed by atoms with Crippen LogP contribution in [-0.4, -0.2) is 23.3 Å². The molecule has 1 aliphatic heterocycles. The van der Waals surface area contributed by atoms with E-state index in [0.717, 1.165) is 6.42 Å². The fourth-order valence-electron chi connectivity index (χ4n) is 3.51. The molecule has 0 fully saturated rings. The van der Waals surface area contributed by atoms with E-state index in [1.54, 1.807) is 30.3 Å². The molecular formula is C26H23FN2O3. The van der Waals surface area contributed by atoms with Crippen LogP contribution >= 0.6 is 0 Å². The lowest BCUT2D eigenvalue weighted by Gasteiger charge is -2.15. The molecule has 32 heavy (non-hydrogen) atoms. The van der Waals surface area contributed by atoms with Crippen LogP contribution in [0, 0.1) is 5.82 Å². The van der Waals surface area contributed by atoms with E-state index >= 15 is 0 Å². The Labute approximate surface area is 186 Å². The lowest BCUT2D eigenvalue weighted by atomic mass is 10.0. The minimum absolute atomic E-state index is 0.0547. The molecule has 0 radical (unpaired) electrons. The van der Waals surface area contributed by atoms with Gasteiger partial charge < -0.3 is 10.1 Å². The van der Waals surface area contributed by atoms with E-state index in [-0.39, 0.29) is 18.1 Å². The molecule has 0 atom stereocenters. The number of ether oxygens (including phenoxy) is 1. The zero-order valence-electron chi connectivity index (χ0n) is 17.7. The van der Waals surface area contributed by atoms with Gasteiger partial charge >= 0.3 is 0 Å². The first-order valence-corrected chi connectivity index (χ1v) is 10.5. The molecule has 0 unspecified atom stereocenters.